The minimum Gasteiger partial charge on any atom is -0.359 e. The lowest BCUT2D eigenvalue weighted by Crippen LogP contribution is -2.14. The summed E-state index contributed by atoms with van der Waals surface area (Å²) < 4.78 is 28.7. The van der Waals surface area contributed by atoms with Crippen LogP contribution in [0.2, 0.25) is 0 Å². The average molecular weight is 160 g/mol. The van der Waals surface area contributed by atoms with Gasteiger partial charge in [0.05, 0.1) is 12.7 Å². The Bertz CT molecular complexity index is 352. The summed E-state index contributed by atoms with van der Waals surface area (Å²) in [6.45, 7) is 0.220. The molecule has 0 saturated carbocycles. The zero-order valence-electron chi connectivity index (χ0n) is 4.86. The Kier molecular flexibility index (Phi) is 0.930. The Morgan fingerprint density at radius 1 is 1.70 bits per heavy atom. The first-order chi connectivity index (χ1) is 4.70. The molecule has 0 amide bonds. The van der Waals surface area contributed by atoms with E-state index in [0.717, 1.165) is 0 Å². The van der Waals surface area contributed by atoms with Crippen molar-refractivity contribution in [2.75, 3.05) is 0 Å². The van der Waals surface area contributed by atoms with Crippen molar-refractivity contribution in [2.45, 2.75) is 11.4 Å². The van der Waals surface area contributed by atoms with Gasteiger partial charge in [-0.3, -0.25) is 0 Å². The first-order valence-corrected chi connectivity index (χ1v) is 4.12. The van der Waals surface area contributed by atoms with Crippen LogP contribution in [-0.2, 0) is 16.6 Å². The molecule has 54 valence electrons. The molecule has 1 aliphatic heterocycles. The molecule has 2 rings (SSSR count). The molecule has 5 nitrogen and oxygen atoms in total. The molecular formula is C4H4N2O3S. The average Bonchev–Trinajstić information content (AvgIpc) is 2.36. The van der Waals surface area contributed by atoms with Crippen LogP contribution in [0, 0.1) is 0 Å². The van der Waals surface area contributed by atoms with Crippen LogP contribution in [0.25, 0.3) is 0 Å². The monoisotopic (exact) mass is 160 g/mol. The zero-order valence-corrected chi connectivity index (χ0v) is 5.68. The van der Waals surface area contributed by atoms with Crippen LogP contribution in [0.3, 0.4) is 0 Å². The van der Waals surface area contributed by atoms with E-state index in [0.29, 0.717) is 5.76 Å². The normalized spacial score (nSPS) is 20.8. The Hall–Kier alpha value is -0.880. The van der Waals surface area contributed by atoms with Gasteiger partial charge in [-0.1, -0.05) is 5.16 Å². The molecule has 0 aliphatic carbocycles. The number of hydrogen-bond acceptors (Lipinski definition) is 4. The van der Waals surface area contributed by atoms with Crippen molar-refractivity contribution in [1.29, 1.82) is 0 Å². The molecule has 0 unspecified atom stereocenters. The van der Waals surface area contributed by atoms with E-state index in [2.05, 4.69) is 14.4 Å². The van der Waals surface area contributed by atoms with Gasteiger partial charge < -0.3 is 4.52 Å². The quantitative estimate of drug-likeness (QED) is 0.553. The molecule has 1 aromatic rings. The van der Waals surface area contributed by atoms with Gasteiger partial charge in [0, 0.05) is 0 Å². The van der Waals surface area contributed by atoms with E-state index >= 15 is 0 Å². The molecule has 1 aliphatic rings. The van der Waals surface area contributed by atoms with Crippen molar-refractivity contribution in [3.05, 3.63) is 12.0 Å². The topological polar surface area (TPSA) is 72.2 Å². The molecule has 2 heterocycles. The van der Waals surface area contributed by atoms with Crippen molar-refractivity contribution < 1.29 is 12.9 Å². The fourth-order valence-electron chi connectivity index (χ4n) is 0.832. The predicted octanol–water partition coefficient (Wildman–Crippen LogP) is -0.534. The van der Waals surface area contributed by atoms with Crippen LogP contribution in [0.1, 0.15) is 5.76 Å². The fraction of sp³-hybridized carbons (Fsp3) is 0.250. The number of nitrogens with one attached hydrogen (secondary N) is 1. The van der Waals surface area contributed by atoms with Gasteiger partial charge in [-0.25, -0.2) is 13.1 Å². The van der Waals surface area contributed by atoms with Crippen molar-refractivity contribution in [2.24, 2.45) is 0 Å². The molecule has 0 aromatic carbocycles. The van der Waals surface area contributed by atoms with E-state index in [1.165, 1.54) is 6.20 Å². The number of rotatable bonds is 0. The maximum Gasteiger partial charge on any atom is 0.246 e. The smallest absolute Gasteiger partial charge is 0.246 e. The maximum absolute atomic E-state index is 10.9. The summed E-state index contributed by atoms with van der Waals surface area (Å²) in [7, 11) is -3.27. The number of hydrogen-bond donors (Lipinski definition) is 1. The third-order valence-electron chi connectivity index (χ3n) is 1.32. The minimum atomic E-state index is -3.27. The summed E-state index contributed by atoms with van der Waals surface area (Å²) in [5.41, 5.74) is 0. The summed E-state index contributed by atoms with van der Waals surface area (Å²) in [6, 6.07) is 0. The minimum absolute atomic E-state index is 0.160. The Labute approximate surface area is 57.1 Å². The van der Waals surface area contributed by atoms with Gasteiger partial charge in [0.15, 0.2) is 5.76 Å². The van der Waals surface area contributed by atoms with E-state index in [1.807, 2.05) is 0 Å². The second-order valence-corrected chi connectivity index (χ2v) is 3.67. The highest BCUT2D eigenvalue weighted by atomic mass is 32.2. The summed E-state index contributed by atoms with van der Waals surface area (Å²) in [6.07, 6.45) is 1.20. The molecule has 0 saturated heterocycles. The zero-order chi connectivity index (χ0) is 7.19. The molecule has 0 spiro atoms. The number of sulfonamides is 1. The van der Waals surface area contributed by atoms with Crippen LogP contribution in [0.4, 0.5) is 0 Å². The first-order valence-electron chi connectivity index (χ1n) is 2.63. The summed E-state index contributed by atoms with van der Waals surface area (Å²) in [5.74, 6) is 0.389. The maximum atomic E-state index is 10.9. The third-order valence-corrected chi connectivity index (χ3v) is 2.76. The van der Waals surface area contributed by atoms with Crippen LogP contribution in [0.15, 0.2) is 15.6 Å². The standard InChI is InChI=1S/C4H4N2O3S/c7-10(8)4-2-5-9-3(4)1-6-10/h2,6H,1H2. The molecule has 0 bridgehead atoms. The molecule has 0 radical (unpaired) electrons. The molecule has 10 heavy (non-hydrogen) atoms. The van der Waals surface area contributed by atoms with E-state index in [4.69, 9.17) is 0 Å². The number of nitrogens with zero attached hydrogens (tertiary/aromatic N) is 1. The number of aromatic nitrogens is 1. The van der Waals surface area contributed by atoms with Crippen molar-refractivity contribution in [3.63, 3.8) is 0 Å². The van der Waals surface area contributed by atoms with Crippen LogP contribution in [0.5, 0.6) is 0 Å². The van der Waals surface area contributed by atoms with E-state index in [9.17, 15) is 8.42 Å². The highest BCUT2D eigenvalue weighted by molar-refractivity contribution is 7.89. The molecule has 1 N–H and O–H groups in total. The van der Waals surface area contributed by atoms with Gasteiger partial charge in [0.1, 0.15) is 4.90 Å². The highest BCUT2D eigenvalue weighted by Crippen LogP contribution is 2.20. The third kappa shape index (κ3) is 0.598. The Morgan fingerprint density at radius 2 is 2.50 bits per heavy atom. The molecule has 0 fully saturated rings. The lowest BCUT2D eigenvalue weighted by Gasteiger charge is -1.87. The fourth-order valence-corrected chi connectivity index (χ4v) is 1.90. The van der Waals surface area contributed by atoms with E-state index in [-0.39, 0.29) is 11.4 Å². The van der Waals surface area contributed by atoms with Gasteiger partial charge in [0.2, 0.25) is 10.0 Å². The van der Waals surface area contributed by atoms with Gasteiger partial charge in [-0.15, -0.1) is 0 Å². The van der Waals surface area contributed by atoms with Gasteiger partial charge in [-0.2, -0.15) is 0 Å². The molecule has 1 aromatic heterocycles. The number of fused-ring (bicyclic) bond motifs is 1. The van der Waals surface area contributed by atoms with Crippen LogP contribution < -0.4 is 4.72 Å². The van der Waals surface area contributed by atoms with Gasteiger partial charge in [-0.05, 0) is 0 Å². The van der Waals surface area contributed by atoms with Gasteiger partial charge in [0.25, 0.3) is 0 Å². The predicted molar refractivity (Wildman–Crippen MR) is 30.5 cm³/mol. The van der Waals surface area contributed by atoms with Crippen molar-refractivity contribution in [3.8, 4) is 0 Å². The molecular weight excluding hydrogens is 156 g/mol. The first kappa shape index (κ1) is 5.87. The molecule has 6 heteroatoms. The summed E-state index contributed by atoms with van der Waals surface area (Å²) >= 11 is 0. The molecule has 0 atom stereocenters. The summed E-state index contributed by atoms with van der Waals surface area (Å²) in [4.78, 5) is 0.160. The Morgan fingerprint density at radius 3 is 3.20 bits per heavy atom. The van der Waals surface area contributed by atoms with E-state index < -0.39 is 10.0 Å². The van der Waals surface area contributed by atoms with Crippen molar-refractivity contribution in [1.82, 2.24) is 9.88 Å². The van der Waals surface area contributed by atoms with Gasteiger partial charge >= 0.3 is 0 Å². The largest absolute Gasteiger partial charge is 0.359 e. The lowest BCUT2D eigenvalue weighted by atomic mass is 10.5. The van der Waals surface area contributed by atoms with Crippen molar-refractivity contribution >= 4 is 10.0 Å². The van der Waals surface area contributed by atoms with Crippen LogP contribution in [-0.4, -0.2) is 13.6 Å². The van der Waals surface area contributed by atoms with E-state index in [1.54, 1.807) is 0 Å². The van der Waals surface area contributed by atoms with Crippen LogP contribution >= 0.6 is 0 Å². The lowest BCUT2D eigenvalue weighted by molar-refractivity contribution is 0.381. The second-order valence-electron chi connectivity index (χ2n) is 1.94. The SMILES string of the molecule is O=S1(=O)NCc2oncc21. The summed E-state index contributed by atoms with van der Waals surface area (Å²) in [5, 5.41) is 3.35. The second kappa shape index (κ2) is 1.58. The highest BCUT2D eigenvalue weighted by Gasteiger charge is 2.29. The Balaban J connectivity index is 2.76.